The molecule has 1 aliphatic heterocycles. The van der Waals surface area contributed by atoms with E-state index < -0.39 is 0 Å². The van der Waals surface area contributed by atoms with E-state index in [-0.39, 0.29) is 11.8 Å². The number of carbonyl (C=O) groups is 2. The number of nitrogens with zero attached hydrogens (tertiary/aromatic N) is 1. The number of rotatable bonds is 5. The zero-order valence-corrected chi connectivity index (χ0v) is 16.7. The highest BCUT2D eigenvalue weighted by Crippen LogP contribution is 2.24. The summed E-state index contributed by atoms with van der Waals surface area (Å²) in [4.78, 5) is 26.8. The lowest BCUT2D eigenvalue weighted by molar-refractivity contribution is -0.122. The van der Waals surface area contributed by atoms with Crippen LogP contribution in [0.4, 0.5) is 0 Å². The molecule has 1 aliphatic carbocycles. The van der Waals surface area contributed by atoms with Crippen molar-refractivity contribution in [2.45, 2.75) is 77.2 Å². The average molecular weight is 371 g/mol. The van der Waals surface area contributed by atoms with Gasteiger partial charge in [0.05, 0.1) is 0 Å². The van der Waals surface area contributed by atoms with Gasteiger partial charge in [0.2, 0.25) is 5.91 Å². The Bertz CT molecular complexity index is 610. The van der Waals surface area contributed by atoms with Gasteiger partial charge in [0, 0.05) is 31.1 Å². The minimum Gasteiger partial charge on any atom is -0.353 e. The summed E-state index contributed by atoms with van der Waals surface area (Å²) in [6, 6.07) is 8.22. The van der Waals surface area contributed by atoms with E-state index >= 15 is 0 Å². The summed E-state index contributed by atoms with van der Waals surface area (Å²) in [7, 11) is 0. The van der Waals surface area contributed by atoms with Gasteiger partial charge in [0.25, 0.3) is 5.91 Å². The van der Waals surface area contributed by atoms with Crippen LogP contribution < -0.4 is 5.32 Å². The smallest absolute Gasteiger partial charge is 0.253 e. The quantitative estimate of drug-likeness (QED) is 0.778. The average Bonchev–Trinajstić information content (AvgIpc) is 2.95. The molecule has 1 aromatic rings. The second kappa shape index (κ2) is 9.91. The highest BCUT2D eigenvalue weighted by molar-refractivity contribution is 5.94. The topological polar surface area (TPSA) is 49.4 Å². The fourth-order valence-electron chi connectivity index (χ4n) is 4.36. The molecular formula is C23H34N2O2. The molecule has 4 heteroatoms. The molecule has 0 atom stereocenters. The maximum atomic E-state index is 12.6. The number of carbonyl (C=O) groups excluding carboxylic acids is 2. The molecule has 1 heterocycles. The largest absolute Gasteiger partial charge is 0.353 e. The van der Waals surface area contributed by atoms with Crippen LogP contribution in [0.25, 0.3) is 0 Å². The lowest BCUT2D eigenvalue weighted by atomic mass is 9.91. The van der Waals surface area contributed by atoms with Gasteiger partial charge in [0.1, 0.15) is 0 Å². The number of nitrogens with one attached hydrogen (secondary N) is 1. The van der Waals surface area contributed by atoms with Crippen molar-refractivity contribution in [1.29, 1.82) is 0 Å². The lowest BCUT2D eigenvalue weighted by Crippen LogP contribution is -2.39. The standard InChI is InChI=1S/C23H34N2O2/c1-18-8-11-20(12-9-18)23(27)25-16-14-19(15-17-25)10-13-22(26)24-21-6-4-2-3-5-7-21/h8-9,11-12,19,21H,2-7,10,13-17H2,1H3,(H,24,26). The minimum atomic E-state index is 0.138. The summed E-state index contributed by atoms with van der Waals surface area (Å²) in [5.41, 5.74) is 1.95. The summed E-state index contributed by atoms with van der Waals surface area (Å²) in [6.07, 6.45) is 11.0. The number of benzene rings is 1. The second-order valence-electron chi connectivity index (χ2n) is 8.40. The third-order valence-corrected chi connectivity index (χ3v) is 6.20. The van der Waals surface area contributed by atoms with Crippen molar-refractivity contribution >= 4 is 11.8 Å². The summed E-state index contributed by atoms with van der Waals surface area (Å²) in [5, 5.41) is 3.25. The zero-order chi connectivity index (χ0) is 19.1. The molecule has 1 N–H and O–H groups in total. The van der Waals surface area contributed by atoms with Gasteiger partial charge in [-0.05, 0) is 57.1 Å². The SMILES string of the molecule is Cc1ccc(C(=O)N2CCC(CCC(=O)NC3CCCCCC3)CC2)cc1. The molecule has 0 bridgehead atoms. The predicted octanol–water partition coefficient (Wildman–Crippen LogP) is 4.47. The number of amides is 2. The molecule has 2 amide bonds. The van der Waals surface area contributed by atoms with Crippen molar-refractivity contribution in [1.82, 2.24) is 10.2 Å². The van der Waals surface area contributed by atoms with Crippen LogP contribution >= 0.6 is 0 Å². The molecule has 0 spiro atoms. The first kappa shape index (κ1) is 19.9. The second-order valence-corrected chi connectivity index (χ2v) is 8.40. The van der Waals surface area contributed by atoms with Gasteiger partial charge in [-0.1, -0.05) is 43.4 Å². The molecule has 3 rings (SSSR count). The van der Waals surface area contributed by atoms with Crippen LogP contribution in [-0.2, 0) is 4.79 Å². The van der Waals surface area contributed by atoms with E-state index in [1.807, 2.05) is 36.1 Å². The summed E-state index contributed by atoms with van der Waals surface area (Å²) >= 11 is 0. The summed E-state index contributed by atoms with van der Waals surface area (Å²) in [6.45, 7) is 3.65. The summed E-state index contributed by atoms with van der Waals surface area (Å²) in [5.74, 6) is 0.923. The molecule has 1 saturated carbocycles. The van der Waals surface area contributed by atoms with Gasteiger partial charge in [-0.25, -0.2) is 0 Å². The van der Waals surface area contributed by atoms with Gasteiger partial charge in [-0.3, -0.25) is 9.59 Å². The summed E-state index contributed by atoms with van der Waals surface area (Å²) < 4.78 is 0. The Hall–Kier alpha value is -1.84. The van der Waals surface area contributed by atoms with Crippen LogP contribution in [0.5, 0.6) is 0 Å². The first-order valence-electron chi connectivity index (χ1n) is 10.8. The molecular weight excluding hydrogens is 336 g/mol. The van der Waals surface area contributed by atoms with Crippen molar-refractivity contribution in [3.8, 4) is 0 Å². The Labute approximate surface area is 163 Å². The molecule has 0 radical (unpaired) electrons. The van der Waals surface area contributed by atoms with E-state index in [1.165, 1.54) is 31.2 Å². The zero-order valence-electron chi connectivity index (χ0n) is 16.7. The number of aryl methyl sites for hydroxylation is 1. The van der Waals surface area contributed by atoms with E-state index in [0.717, 1.165) is 50.8 Å². The molecule has 0 unspecified atom stereocenters. The number of likely N-dealkylation sites (tertiary alicyclic amines) is 1. The van der Waals surface area contributed by atoms with E-state index in [2.05, 4.69) is 5.32 Å². The Morgan fingerprint density at radius 2 is 1.59 bits per heavy atom. The van der Waals surface area contributed by atoms with E-state index in [1.54, 1.807) is 0 Å². The van der Waals surface area contributed by atoms with Gasteiger partial charge in [0.15, 0.2) is 0 Å². The lowest BCUT2D eigenvalue weighted by Gasteiger charge is -2.32. The molecule has 4 nitrogen and oxygen atoms in total. The Balaban J connectivity index is 1.37. The fraction of sp³-hybridized carbons (Fsp3) is 0.652. The monoisotopic (exact) mass is 370 g/mol. The molecule has 27 heavy (non-hydrogen) atoms. The highest BCUT2D eigenvalue weighted by atomic mass is 16.2. The van der Waals surface area contributed by atoms with E-state index in [9.17, 15) is 9.59 Å². The van der Waals surface area contributed by atoms with Crippen LogP contribution in [0.15, 0.2) is 24.3 Å². The van der Waals surface area contributed by atoms with Gasteiger partial charge >= 0.3 is 0 Å². The van der Waals surface area contributed by atoms with E-state index in [0.29, 0.717) is 18.4 Å². The number of piperidine rings is 1. The molecule has 2 aliphatic rings. The Morgan fingerprint density at radius 1 is 0.963 bits per heavy atom. The normalized spacial score (nSPS) is 19.5. The first-order chi connectivity index (χ1) is 13.1. The Kier molecular flexibility index (Phi) is 7.31. The maximum Gasteiger partial charge on any atom is 0.253 e. The fourth-order valence-corrected chi connectivity index (χ4v) is 4.36. The van der Waals surface area contributed by atoms with Crippen molar-refractivity contribution < 1.29 is 9.59 Å². The van der Waals surface area contributed by atoms with Crippen molar-refractivity contribution in [2.24, 2.45) is 5.92 Å². The van der Waals surface area contributed by atoms with Gasteiger partial charge < -0.3 is 10.2 Å². The minimum absolute atomic E-state index is 0.138. The van der Waals surface area contributed by atoms with Crippen LogP contribution in [0.1, 0.15) is 80.1 Å². The van der Waals surface area contributed by atoms with Crippen LogP contribution in [0, 0.1) is 12.8 Å². The third kappa shape index (κ3) is 6.08. The van der Waals surface area contributed by atoms with Crippen molar-refractivity contribution in [2.75, 3.05) is 13.1 Å². The maximum absolute atomic E-state index is 12.6. The highest BCUT2D eigenvalue weighted by Gasteiger charge is 2.24. The molecule has 0 aromatic heterocycles. The first-order valence-corrected chi connectivity index (χ1v) is 10.8. The number of hydrogen-bond donors (Lipinski definition) is 1. The van der Waals surface area contributed by atoms with Gasteiger partial charge in [-0.15, -0.1) is 0 Å². The molecule has 1 aromatic carbocycles. The molecule has 1 saturated heterocycles. The van der Waals surface area contributed by atoms with Crippen LogP contribution in [-0.4, -0.2) is 35.8 Å². The van der Waals surface area contributed by atoms with E-state index in [4.69, 9.17) is 0 Å². The van der Waals surface area contributed by atoms with Gasteiger partial charge in [-0.2, -0.15) is 0 Å². The van der Waals surface area contributed by atoms with Crippen LogP contribution in [0.3, 0.4) is 0 Å². The van der Waals surface area contributed by atoms with Crippen molar-refractivity contribution in [3.05, 3.63) is 35.4 Å². The number of hydrogen-bond acceptors (Lipinski definition) is 2. The predicted molar refractivity (Wildman–Crippen MR) is 109 cm³/mol. The van der Waals surface area contributed by atoms with Crippen molar-refractivity contribution in [3.63, 3.8) is 0 Å². The Morgan fingerprint density at radius 3 is 2.22 bits per heavy atom. The molecule has 148 valence electrons. The van der Waals surface area contributed by atoms with Crippen LogP contribution in [0.2, 0.25) is 0 Å². The molecule has 2 fully saturated rings. The third-order valence-electron chi connectivity index (χ3n) is 6.20.